The molecule has 0 radical (unpaired) electrons. The highest BCUT2D eigenvalue weighted by molar-refractivity contribution is 7.99. The number of benzene rings is 1. The van der Waals surface area contributed by atoms with E-state index in [1.54, 1.807) is 6.07 Å². The fourth-order valence-corrected chi connectivity index (χ4v) is 2.38. The van der Waals surface area contributed by atoms with E-state index < -0.39 is 0 Å². The molecular formula is C14H17N3O2S. The normalized spacial score (nSPS) is 10.6. The molecule has 0 aliphatic heterocycles. The number of amides is 1. The third kappa shape index (κ3) is 3.33. The molecule has 1 heterocycles. The van der Waals surface area contributed by atoms with Crippen molar-refractivity contribution in [2.45, 2.75) is 26.0 Å². The monoisotopic (exact) mass is 291 g/mol. The van der Waals surface area contributed by atoms with Crippen LogP contribution in [-0.4, -0.2) is 16.6 Å². The Morgan fingerprint density at radius 3 is 2.75 bits per heavy atom. The Morgan fingerprint density at radius 1 is 1.40 bits per heavy atom. The quantitative estimate of drug-likeness (QED) is 0.668. The van der Waals surface area contributed by atoms with Crippen molar-refractivity contribution in [3.8, 4) is 0 Å². The van der Waals surface area contributed by atoms with Crippen LogP contribution in [0.3, 0.4) is 0 Å². The van der Waals surface area contributed by atoms with Crippen LogP contribution >= 0.6 is 11.8 Å². The van der Waals surface area contributed by atoms with Crippen LogP contribution in [0.1, 0.15) is 17.0 Å². The summed E-state index contributed by atoms with van der Waals surface area (Å²) in [5.41, 5.74) is 8.85. The molecule has 0 unspecified atom stereocenters. The molecule has 2 aromatic rings. The number of hydrogen-bond donors (Lipinski definition) is 2. The van der Waals surface area contributed by atoms with E-state index in [1.807, 2.05) is 32.9 Å². The second-order valence-corrected chi connectivity index (χ2v) is 5.42. The number of thioether (sulfide) groups is 1. The minimum atomic E-state index is -0.135. The number of hydrogen-bond acceptors (Lipinski definition) is 5. The number of carbonyl (C=O) groups is 1. The van der Waals surface area contributed by atoms with Gasteiger partial charge in [0.05, 0.1) is 22.8 Å². The predicted octanol–water partition coefficient (Wildman–Crippen LogP) is 2.91. The standard InChI is InChI=1S/C14H17N3O2S/c1-8-5-4-6-11(15)13(8)17-12(18)7-20-14-16-9(2)10(3)19-14/h4-6H,7,15H2,1-3H3,(H,17,18). The van der Waals surface area contributed by atoms with Gasteiger partial charge in [0, 0.05) is 0 Å². The SMILES string of the molecule is Cc1cccc(N)c1NC(=O)CSc1nc(C)c(C)o1. The summed E-state index contributed by atoms with van der Waals surface area (Å²) in [5, 5.41) is 3.32. The van der Waals surface area contributed by atoms with Gasteiger partial charge in [-0.3, -0.25) is 4.79 Å². The molecule has 1 aromatic carbocycles. The number of oxazole rings is 1. The van der Waals surface area contributed by atoms with Crippen LogP contribution in [0.25, 0.3) is 0 Å². The maximum Gasteiger partial charge on any atom is 0.256 e. The number of aromatic nitrogens is 1. The van der Waals surface area contributed by atoms with Crippen molar-refractivity contribution >= 4 is 29.0 Å². The van der Waals surface area contributed by atoms with Crippen molar-refractivity contribution in [1.82, 2.24) is 4.98 Å². The number of anilines is 2. The van der Waals surface area contributed by atoms with Gasteiger partial charge in [0.1, 0.15) is 5.76 Å². The fourth-order valence-electron chi connectivity index (χ4n) is 1.67. The Kier molecular flexibility index (Phi) is 4.34. The van der Waals surface area contributed by atoms with Gasteiger partial charge in [0.2, 0.25) is 5.91 Å². The van der Waals surface area contributed by atoms with Gasteiger partial charge in [-0.05, 0) is 32.4 Å². The Morgan fingerprint density at radius 2 is 2.15 bits per heavy atom. The number of nitrogen functional groups attached to an aromatic ring is 1. The second kappa shape index (κ2) is 6.00. The average Bonchev–Trinajstić information content (AvgIpc) is 2.71. The van der Waals surface area contributed by atoms with E-state index >= 15 is 0 Å². The first kappa shape index (κ1) is 14.5. The van der Waals surface area contributed by atoms with Gasteiger partial charge in [-0.2, -0.15) is 0 Å². The molecule has 1 amide bonds. The number of aryl methyl sites for hydroxylation is 3. The highest BCUT2D eigenvalue weighted by atomic mass is 32.2. The van der Waals surface area contributed by atoms with E-state index in [4.69, 9.17) is 10.2 Å². The molecule has 1 aromatic heterocycles. The minimum Gasteiger partial charge on any atom is -0.437 e. The molecule has 0 aliphatic rings. The Balaban J connectivity index is 1.96. The maximum absolute atomic E-state index is 11.9. The fraction of sp³-hybridized carbons (Fsp3) is 0.286. The number of nitrogens with zero attached hydrogens (tertiary/aromatic N) is 1. The van der Waals surface area contributed by atoms with Crippen molar-refractivity contribution in [3.63, 3.8) is 0 Å². The lowest BCUT2D eigenvalue weighted by Crippen LogP contribution is -2.16. The highest BCUT2D eigenvalue weighted by Gasteiger charge is 2.11. The van der Waals surface area contributed by atoms with Crippen LogP contribution < -0.4 is 11.1 Å². The van der Waals surface area contributed by atoms with Gasteiger partial charge >= 0.3 is 0 Å². The average molecular weight is 291 g/mol. The molecule has 20 heavy (non-hydrogen) atoms. The van der Waals surface area contributed by atoms with Gasteiger partial charge in [-0.15, -0.1) is 0 Å². The summed E-state index contributed by atoms with van der Waals surface area (Å²) >= 11 is 1.26. The molecule has 0 spiro atoms. The van der Waals surface area contributed by atoms with E-state index in [9.17, 15) is 4.79 Å². The number of para-hydroxylation sites is 1. The third-order valence-corrected chi connectivity index (χ3v) is 3.73. The lowest BCUT2D eigenvalue weighted by molar-refractivity contribution is -0.113. The summed E-state index contributed by atoms with van der Waals surface area (Å²) in [4.78, 5) is 16.1. The molecule has 6 heteroatoms. The van der Waals surface area contributed by atoms with E-state index in [1.165, 1.54) is 11.8 Å². The van der Waals surface area contributed by atoms with E-state index in [0.29, 0.717) is 16.6 Å². The Hall–Kier alpha value is -1.95. The Bertz CT molecular complexity index is 598. The molecule has 2 rings (SSSR count). The zero-order valence-electron chi connectivity index (χ0n) is 11.7. The third-order valence-electron chi connectivity index (χ3n) is 2.91. The van der Waals surface area contributed by atoms with Crippen LogP contribution in [-0.2, 0) is 4.79 Å². The lowest BCUT2D eigenvalue weighted by atomic mass is 10.1. The van der Waals surface area contributed by atoms with Crippen molar-refractivity contribution in [1.29, 1.82) is 0 Å². The number of carbonyl (C=O) groups excluding carboxylic acids is 1. The van der Waals surface area contributed by atoms with E-state index in [0.717, 1.165) is 17.0 Å². The van der Waals surface area contributed by atoms with Gasteiger partial charge < -0.3 is 15.5 Å². The topological polar surface area (TPSA) is 81.1 Å². The second-order valence-electron chi connectivity index (χ2n) is 4.50. The van der Waals surface area contributed by atoms with Crippen molar-refractivity contribution in [3.05, 3.63) is 35.2 Å². The zero-order valence-corrected chi connectivity index (χ0v) is 12.5. The molecular weight excluding hydrogens is 274 g/mol. The summed E-state index contributed by atoms with van der Waals surface area (Å²) < 4.78 is 5.41. The molecule has 0 aliphatic carbocycles. The smallest absolute Gasteiger partial charge is 0.256 e. The first-order valence-electron chi connectivity index (χ1n) is 6.19. The van der Waals surface area contributed by atoms with E-state index in [2.05, 4.69) is 10.3 Å². The van der Waals surface area contributed by atoms with Gasteiger partial charge in [-0.25, -0.2) is 4.98 Å². The summed E-state index contributed by atoms with van der Waals surface area (Å²) in [6.07, 6.45) is 0. The molecule has 5 nitrogen and oxygen atoms in total. The van der Waals surface area contributed by atoms with Crippen LogP contribution in [0, 0.1) is 20.8 Å². The predicted molar refractivity (Wildman–Crippen MR) is 80.9 cm³/mol. The molecule has 3 N–H and O–H groups in total. The minimum absolute atomic E-state index is 0.135. The molecule has 106 valence electrons. The molecule has 0 saturated heterocycles. The van der Waals surface area contributed by atoms with Crippen LogP contribution in [0.2, 0.25) is 0 Å². The highest BCUT2D eigenvalue weighted by Crippen LogP contribution is 2.24. The Labute approximate surface area is 122 Å². The molecule has 0 bridgehead atoms. The lowest BCUT2D eigenvalue weighted by Gasteiger charge is -2.10. The number of nitrogens with one attached hydrogen (secondary N) is 1. The van der Waals surface area contributed by atoms with E-state index in [-0.39, 0.29) is 11.7 Å². The van der Waals surface area contributed by atoms with Crippen LogP contribution in [0.4, 0.5) is 11.4 Å². The van der Waals surface area contributed by atoms with Crippen molar-refractivity contribution < 1.29 is 9.21 Å². The summed E-state index contributed by atoms with van der Waals surface area (Å²) in [5.74, 6) is 0.869. The van der Waals surface area contributed by atoms with Gasteiger partial charge in [0.15, 0.2) is 0 Å². The first-order valence-corrected chi connectivity index (χ1v) is 7.17. The number of rotatable bonds is 4. The van der Waals surface area contributed by atoms with Gasteiger partial charge in [-0.1, -0.05) is 23.9 Å². The summed E-state index contributed by atoms with van der Waals surface area (Å²) in [6, 6.07) is 5.52. The summed E-state index contributed by atoms with van der Waals surface area (Å²) in [6.45, 7) is 5.62. The molecule has 0 fully saturated rings. The largest absolute Gasteiger partial charge is 0.437 e. The first-order chi connectivity index (χ1) is 9.47. The molecule has 0 saturated carbocycles. The van der Waals surface area contributed by atoms with Crippen LogP contribution in [0.15, 0.2) is 27.8 Å². The van der Waals surface area contributed by atoms with Crippen molar-refractivity contribution in [2.75, 3.05) is 16.8 Å². The van der Waals surface area contributed by atoms with Gasteiger partial charge in [0.25, 0.3) is 5.22 Å². The summed E-state index contributed by atoms with van der Waals surface area (Å²) in [7, 11) is 0. The molecule has 0 atom stereocenters. The van der Waals surface area contributed by atoms with Crippen molar-refractivity contribution in [2.24, 2.45) is 0 Å². The maximum atomic E-state index is 11.9. The number of nitrogens with two attached hydrogens (primary N) is 1. The zero-order chi connectivity index (χ0) is 14.7. The van der Waals surface area contributed by atoms with Crippen LogP contribution in [0.5, 0.6) is 0 Å².